The van der Waals surface area contributed by atoms with Crippen molar-refractivity contribution >= 4 is 27.8 Å². The highest BCUT2D eigenvalue weighted by atomic mass is 19.4. The number of hydrogen-bond donors (Lipinski definition) is 2. The van der Waals surface area contributed by atoms with E-state index in [1.807, 2.05) is 0 Å². The summed E-state index contributed by atoms with van der Waals surface area (Å²) in [6.45, 7) is 0. The molecule has 0 aliphatic rings. The monoisotopic (exact) mass is 346 g/mol. The molecule has 0 unspecified atom stereocenters. The first-order chi connectivity index (χ1) is 11.8. The molecule has 0 aliphatic carbocycles. The van der Waals surface area contributed by atoms with Gasteiger partial charge < -0.3 is 10.2 Å². The first-order valence-electron chi connectivity index (χ1n) is 7.07. The van der Waals surface area contributed by atoms with Gasteiger partial charge in [0.25, 0.3) is 0 Å². The van der Waals surface area contributed by atoms with Crippen LogP contribution in [0.4, 0.5) is 19.0 Å². The van der Waals surface area contributed by atoms with Gasteiger partial charge in [0.2, 0.25) is 0 Å². The number of anilines is 1. The predicted octanol–water partition coefficient (Wildman–Crippen LogP) is 3.33. The van der Waals surface area contributed by atoms with Gasteiger partial charge >= 0.3 is 11.9 Å². The summed E-state index contributed by atoms with van der Waals surface area (Å²) in [5.41, 5.74) is 6.30. The molecule has 0 radical (unpaired) electrons. The van der Waals surface area contributed by atoms with E-state index in [9.17, 15) is 18.0 Å². The van der Waals surface area contributed by atoms with Crippen LogP contribution < -0.4 is 11.5 Å². The number of fused-ring (bicyclic) bond motifs is 3. The van der Waals surface area contributed by atoms with Crippen LogP contribution >= 0.6 is 0 Å². The van der Waals surface area contributed by atoms with E-state index in [2.05, 4.69) is 15.0 Å². The standard InChI is InChI=1S/C16H9F3N4O2/c17-16(18,19)10-4-8(5-22-14(10)20)7-1-2-11-9(3-7)13-12(6-21-11)25-15(24)23-13/h1-6H,(H2,20,22)(H,23,24). The van der Waals surface area contributed by atoms with Crippen molar-refractivity contribution in [3.05, 3.63) is 52.8 Å². The minimum Gasteiger partial charge on any atom is -0.406 e. The van der Waals surface area contributed by atoms with Crippen LogP contribution in [0.15, 0.2) is 45.9 Å². The normalized spacial score (nSPS) is 12.1. The van der Waals surface area contributed by atoms with Crippen molar-refractivity contribution in [1.29, 1.82) is 0 Å². The fourth-order valence-electron chi connectivity index (χ4n) is 2.65. The number of nitrogens with zero attached hydrogens (tertiary/aromatic N) is 2. The number of benzene rings is 1. The van der Waals surface area contributed by atoms with E-state index < -0.39 is 23.3 Å². The molecule has 0 aliphatic heterocycles. The molecule has 3 N–H and O–H groups in total. The highest BCUT2D eigenvalue weighted by molar-refractivity contribution is 6.02. The van der Waals surface area contributed by atoms with E-state index in [0.29, 0.717) is 22.0 Å². The van der Waals surface area contributed by atoms with Gasteiger partial charge in [-0.05, 0) is 23.8 Å². The van der Waals surface area contributed by atoms with Crippen molar-refractivity contribution in [2.45, 2.75) is 6.18 Å². The summed E-state index contributed by atoms with van der Waals surface area (Å²) in [5.74, 6) is -1.22. The number of oxazole rings is 1. The zero-order chi connectivity index (χ0) is 17.8. The number of aromatic amines is 1. The number of alkyl halides is 3. The fourth-order valence-corrected chi connectivity index (χ4v) is 2.65. The van der Waals surface area contributed by atoms with Gasteiger partial charge in [0, 0.05) is 17.1 Å². The van der Waals surface area contributed by atoms with Crippen LogP contribution in [0.5, 0.6) is 0 Å². The minimum atomic E-state index is -4.60. The van der Waals surface area contributed by atoms with Crippen LogP contribution in [0.3, 0.4) is 0 Å². The molecule has 1 aromatic carbocycles. The zero-order valence-electron chi connectivity index (χ0n) is 12.4. The molecular formula is C16H9F3N4O2. The Balaban J connectivity index is 1.95. The summed E-state index contributed by atoms with van der Waals surface area (Å²) >= 11 is 0. The molecule has 9 heteroatoms. The Labute approximate surface area is 137 Å². The second-order valence-corrected chi connectivity index (χ2v) is 5.40. The molecule has 0 spiro atoms. The molecule has 0 amide bonds. The molecule has 3 aromatic heterocycles. The summed E-state index contributed by atoms with van der Waals surface area (Å²) in [7, 11) is 0. The second-order valence-electron chi connectivity index (χ2n) is 5.40. The molecular weight excluding hydrogens is 337 g/mol. The highest BCUT2D eigenvalue weighted by Gasteiger charge is 2.34. The van der Waals surface area contributed by atoms with Crippen LogP contribution in [0, 0.1) is 0 Å². The Bertz CT molecular complexity index is 1180. The Kier molecular flexibility index (Phi) is 3.08. The maximum absolute atomic E-state index is 13.0. The smallest absolute Gasteiger partial charge is 0.406 e. The third-order valence-electron chi connectivity index (χ3n) is 3.82. The molecule has 0 atom stereocenters. The van der Waals surface area contributed by atoms with Gasteiger partial charge in [0.15, 0.2) is 5.58 Å². The summed E-state index contributed by atoms with van der Waals surface area (Å²) in [5, 5.41) is 0.547. The Morgan fingerprint density at radius 3 is 2.64 bits per heavy atom. The van der Waals surface area contributed by atoms with E-state index in [0.717, 1.165) is 6.07 Å². The number of nitrogen functional groups attached to an aromatic ring is 1. The number of rotatable bonds is 1. The number of halogens is 3. The van der Waals surface area contributed by atoms with Crippen LogP contribution in [0.1, 0.15) is 5.56 Å². The van der Waals surface area contributed by atoms with Crippen LogP contribution in [0.2, 0.25) is 0 Å². The van der Waals surface area contributed by atoms with Crippen molar-refractivity contribution in [3.63, 3.8) is 0 Å². The molecule has 0 fully saturated rings. The quantitative estimate of drug-likeness (QED) is 0.551. The lowest BCUT2D eigenvalue weighted by Crippen LogP contribution is -2.10. The lowest BCUT2D eigenvalue weighted by molar-refractivity contribution is -0.137. The molecule has 4 rings (SSSR count). The summed E-state index contributed by atoms with van der Waals surface area (Å²) < 4.78 is 44.0. The number of nitrogens with one attached hydrogen (secondary N) is 1. The highest BCUT2D eigenvalue weighted by Crippen LogP contribution is 2.35. The molecule has 126 valence electrons. The third-order valence-corrected chi connectivity index (χ3v) is 3.82. The van der Waals surface area contributed by atoms with E-state index in [4.69, 9.17) is 10.2 Å². The largest absolute Gasteiger partial charge is 0.419 e. The predicted molar refractivity (Wildman–Crippen MR) is 84.8 cm³/mol. The Morgan fingerprint density at radius 1 is 1.08 bits per heavy atom. The Hall–Kier alpha value is -3.36. The summed E-state index contributed by atoms with van der Waals surface area (Å²) in [6, 6.07) is 5.81. The SMILES string of the molecule is Nc1ncc(-c2ccc3ncc4oc(=O)[nH]c4c3c2)cc1C(F)(F)F. The topological polar surface area (TPSA) is 97.8 Å². The lowest BCUT2D eigenvalue weighted by atomic mass is 10.0. The van der Waals surface area contributed by atoms with E-state index in [1.54, 1.807) is 18.2 Å². The third kappa shape index (κ3) is 2.49. The summed E-state index contributed by atoms with van der Waals surface area (Å²) in [4.78, 5) is 21.7. The van der Waals surface area contributed by atoms with Crippen molar-refractivity contribution in [1.82, 2.24) is 15.0 Å². The van der Waals surface area contributed by atoms with Crippen molar-refractivity contribution in [2.24, 2.45) is 0 Å². The average Bonchev–Trinajstić information content (AvgIpc) is 2.94. The number of H-pyrrole nitrogens is 1. The van der Waals surface area contributed by atoms with Gasteiger partial charge in [-0.3, -0.25) is 9.97 Å². The molecule has 0 saturated carbocycles. The van der Waals surface area contributed by atoms with Gasteiger partial charge in [-0.15, -0.1) is 0 Å². The molecule has 6 nitrogen and oxygen atoms in total. The fraction of sp³-hybridized carbons (Fsp3) is 0.0625. The van der Waals surface area contributed by atoms with Crippen molar-refractivity contribution < 1.29 is 17.6 Å². The zero-order valence-corrected chi connectivity index (χ0v) is 12.4. The van der Waals surface area contributed by atoms with Gasteiger partial charge in [0.1, 0.15) is 5.82 Å². The Morgan fingerprint density at radius 2 is 1.88 bits per heavy atom. The minimum absolute atomic E-state index is 0.242. The molecule has 0 saturated heterocycles. The van der Waals surface area contributed by atoms with Crippen molar-refractivity contribution in [3.8, 4) is 11.1 Å². The maximum Gasteiger partial charge on any atom is 0.419 e. The lowest BCUT2D eigenvalue weighted by Gasteiger charge is -2.11. The number of hydrogen-bond acceptors (Lipinski definition) is 5. The van der Waals surface area contributed by atoms with Crippen LogP contribution in [0.25, 0.3) is 33.1 Å². The maximum atomic E-state index is 13.0. The van der Waals surface area contributed by atoms with Crippen LogP contribution in [-0.2, 0) is 6.18 Å². The van der Waals surface area contributed by atoms with E-state index in [1.165, 1.54) is 12.4 Å². The average molecular weight is 346 g/mol. The number of aromatic nitrogens is 3. The summed E-state index contributed by atoms with van der Waals surface area (Å²) in [6.07, 6.45) is -1.94. The van der Waals surface area contributed by atoms with E-state index >= 15 is 0 Å². The number of nitrogens with two attached hydrogens (primary N) is 1. The molecule has 3 heterocycles. The van der Waals surface area contributed by atoms with Gasteiger partial charge in [-0.1, -0.05) is 6.07 Å². The molecule has 0 bridgehead atoms. The molecule has 25 heavy (non-hydrogen) atoms. The van der Waals surface area contributed by atoms with Gasteiger partial charge in [0.05, 0.1) is 22.8 Å². The van der Waals surface area contributed by atoms with Gasteiger partial charge in [-0.25, -0.2) is 9.78 Å². The first-order valence-corrected chi connectivity index (χ1v) is 7.07. The van der Waals surface area contributed by atoms with Crippen molar-refractivity contribution in [2.75, 3.05) is 5.73 Å². The van der Waals surface area contributed by atoms with E-state index in [-0.39, 0.29) is 11.1 Å². The first kappa shape index (κ1) is 15.2. The van der Waals surface area contributed by atoms with Gasteiger partial charge in [-0.2, -0.15) is 13.2 Å². The second kappa shape index (κ2) is 5.07. The molecule has 4 aromatic rings. The van der Waals surface area contributed by atoms with Crippen LogP contribution in [-0.4, -0.2) is 15.0 Å². The number of pyridine rings is 2.